The fourth-order valence-electron chi connectivity index (χ4n) is 2.52. The zero-order chi connectivity index (χ0) is 8.97. The van der Waals surface area contributed by atoms with Gasteiger partial charge in [-0.05, 0) is 38.1 Å². The predicted octanol–water partition coefficient (Wildman–Crippen LogP) is 2.81. The third-order valence-electron chi connectivity index (χ3n) is 3.30. The molecular formula is C11H23N. The van der Waals surface area contributed by atoms with Gasteiger partial charge in [0.2, 0.25) is 0 Å². The highest BCUT2D eigenvalue weighted by atomic mass is 14.9. The van der Waals surface area contributed by atoms with E-state index in [1.165, 1.54) is 32.2 Å². The summed E-state index contributed by atoms with van der Waals surface area (Å²) < 4.78 is 0. The van der Waals surface area contributed by atoms with Crippen molar-refractivity contribution in [2.75, 3.05) is 6.54 Å². The van der Waals surface area contributed by atoms with Gasteiger partial charge in [0.15, 0.2) is 0 Å². The molecule has 1 heterocycles. The summed E-state index contributed by atoms with van der Waals surface area (Å²) in [6.07, 6.45) is 5.56. The molecule has 1 fully saturated rings. The molecule has 0 aromatic carbocycles. The number of rotatable bonds is 3. The lowest BCUT2D eigenvalue weighted by Crippen LogP contribution is -2.41. The van der Waals surface area contributed by atoms with Gasteiger partial charge in [0.05, 0.1) is 0 Å². The molecule has 3 unspecified atom stereocenters. The van der Waals surface area contributed by atoms with E-state index in [-0.39, 0.29) is 0 Å². The van der Waals surface area contributed by atoms with Crippen molar-refractivity contribution in [2.45, 2.75) is 52.5 Å². The summed E-state index contributed by atoms with van der Waals surface area (Å²) in [5.41, 5.74) is 0. The molecule has 0 spiro atoms. The predicted molar refractivity (Wildman–Crippen MR) is 54.3 cm³/mol. The molecule has 0 amide bonds. The van der Waals surface area contributed by atoms with Crippen LogP contribution in [0.25, 0.3) is 0 Å². The van der Waals surface area contributed by atoms with E-state index in [1.807, 2.05) is 0 Å². The lowest BCUT2D eigenvalue weighted by Gasteiger charge is -2.34. The second-order valence-electron chi connectivity index (χ2n) is 4.31. The van der Waals surface area contributed by atoms with Crippen LogP contribution in [0.15, 0.2) is 0 Å². The second kappa shape index (κ2) is 4.86. The van der Waals surface area contributed by atoms with Gasteiger partial charge in [-0.3, -0.25) is 0 Å². The van der Waals surface area contributed by atoms with E-state index in [9.17, 15) is 0 Å². The van der Waals surface area contributed by atoms with Crippen molar-refractivity contribution in [1.29, 1.82) is 0 Å². The maximum atomic E-state index is 3.57. The van der Waals surface area contributed by atoms with E-state index in [0.29, 0.717) is 0 Å². The lowest BCUT2D eigenvalue weighted by molar-refractivity contribution is 0.210. The topological polar surface area (TPSA) is 12.0 Å². The fourth-order valence-corrected chi connectivity index (χ4v) is 2.52. The Bertz CT molecular complexity index is 122. The van der Waals surface area contributed by atoms with Crippen LogP contribution in [-0.4, -0.2) is 12.6 Å². The molecule has 1 aliphatic heterocycles. The van der Waals surface area contributed by atoms with E-state index in [0.717, 1.165) is 17.9 Å². The molecule has 72 valence electrons. The van der Waals surface area contributed by atoms with Gasteiger partial charge in [0.25, 0.3) is 0 Å². The largest absolute Gasteiger partial charge is 0.314 e. The smallest absolute Gasteiger partial charge is 0.00695 e. The van der Waals surface area contributed by atoms with Crippen molar-refractivity contribution in [2.24, 2.45) is 11.8 Å². The fraction of sp³-hybridized carbons (Fsp3) is 1.00. The molecule has 0 aliphatic carbocycles. The molecule has 0 aromatic heterocycles. The van der Waals surface area contributed by atoms with Gasteiger partial charge < -0.3 is 5.32 Å². The number of nitrogens with one attached hydrogen (secondary N) is 1. The van der Waals surface area contributed by atoms with Crippen LogP contribution in [-0.2, 0) is 0 Å². The SMILES string of the molecule is CCCC(C)C1CCCNC1C. The average molecular weight is 169 g/mol. The molecule has 12 heavy (non-hydrogen) atoms. The van der Waals surface area contributed by atoms with Crippen LogP contribution in [0.5, 0.6) is 0 Å². The van der Waals surface area contributed by atoms with Crippen LogP contribution < -0.4 is 5.32 Å². The maximum Gasteiger partial charge on any atom is 0.00695 e. The maximum absolute atomic E-state index is 3.57. The van der Waals surface area contributed by atoms with Crippen molar-refractivity contribution in [3.8, 4) is 0 Å². The summed E-state index contributed by atoms with van der Waals surface area (Å²) in [6.45, 7) is 8.28. The standard InChI is InChI=1S/C11H23N/c1-4-6-9(2)11-7-5-8-12-10(11)3/h9-12H,4-8H2,1-3H3. The minimum absolute atomic E-state index is 0.750. The quantitative estimate of drug-likeness (QED) is 0.685. The Kier molecular flexibility index (Phi) is 4.07. The number of hydrogen-bond acceptors (Lipinski definition) is 1. The minimum Gasteiger partial charge on any atom is -0.314 e. The lowest BCUT2D eigenvalue weighted by atomic mass is 9.80. The van der Waals surface area contributed by atoms with Crippen molar-refractivity contribution in [1.82, 2.24) is 5.32 Å². The molecule has 1 aliphatic rings. The molecular weight excluding hydrogens is 146 g/mol. The van der Waals surface area contributed by atoms with E-state index in [2.05, 4.69) is 26.1 Å². The van der Waals surface area contributed by atoms with Crippen LogP contribution in [0.3, 0.4) is 0 Å². The summed E-state index contributed by atoms with van der Waals surface area (Å²) in [4.78, 5) is 0. The number of piperidine rings is 1. The summed E-state index contributed by atoms with van der Waals surface area (Å²) in [5, 5.41) is 3.57. The molecule has 3 atom stereocenters. The molecule has 1 saturated heterocycles. The number of hydrogen-bond donors (Lipinski definition) is 1. The van der Waals surface area contributed by atoms with Gasteiger partial charge in [-0.25, -0.2) is 0 Å². The second-order valence-corrected chi connectivity index (χ2v) is 4.31. The third-order valence-corrected chi connectivity index (χ3v) is 3.30. The zero-order valence-electron chi connectivity index (χ0n) is 8.77. The van der Waals surface area contributed by atoms with Crippen LogP contribution in [0.1, 0.15) is 46.5 Å². The molecule has 0 bridgehead atoms. The molecule has 0 saturated carbocycles. The first-order chi connectivity index (χ1) is 5.75. The van der Waals surface area contributed by atoms with Gasteiger partial charge in [-0.15, -0.1) is 0 Å². The molecule has 0 aromatic rings. The van der Waals surface area contributed by atoms with E-state index >= 15 is 0 Å². The van der Waals surface area contributed by atoms with Gasteiger partial charge in [-0.1, -0.05) is 26.7 Å². The van der Waals surface area contributed by atoms with Gasteiger partial charge >= 0.3 is 0 Å². The van der Waals surface area contributed by atoms with Crippen molar-refractivity contribution in [3.05, 3.63) is 0 Å². The van der Waals surface area contributed by atoms with Crippen LogP contribution >= 0.6 is 0 Å². The summed E-state index contributed by atoms with van der Waals surface area (Å²) in [7, 11) is 0. The Balaban J connectivity index is 2.36. The van der Waals surface area contributed by atoms with Crippen molar-refractivity contribution >= 4 is 0 Å². The van der Waals surface area contributed by atoms with E-state index in [1.54, 1.807) is 0 Å². The van der Waals surface area contributed by atoms with Gasteiger partial charge in [0, 0.05) is 6.04 Å². The molecule has 0 radical (unpaired) electrons. The first kappa shape index (κ1) is 10.0. The van der Waals surface area contributed by atoms with E-state index < -0.39 is 0 Å². The first-order valence-corrected chi connectivity index (χ1v) is 5.49. The molecule has 1 nitrogen and oxygen atoms in total. The van der Waals surface area contributed by atoms with Crippen LogP contribution in [0, 0.1) is 11.8 Å². The Morgan fingerprint density at radius 1 is 1.50 bits per heavy atom. The highest BCUT2D eigenvalue weighted by molar-refractivity contribution is 4.80. The molecule has 1 heteroatoms. The van der Waals surface area contributed by atoms with Crippen molar-refractivity contribution in [3.63, 3.8) is 0 Å². The summed E-state index contributed by atoms with van der Waals surface area (Å²) >= 11 is 0. The van der Waals surface area contributed by atoms with Gasteiger partial charge in [0.1, 0.15) is 0 Å². The van der Waals surface area contributed by atoms with Crippen LogP contribution in [0.2, 0.25) is 0 Å². The third kappa shape index (κ3) is 2.48. The normalized spacial score (nSPS) is 33.2. The molecule has 1 N–H and O–H groups in total. The average Bonchev–Trinajstić information content (AvgIpc) is 2.05. The first-order valence-electron chi connectivity index (χ1n) is 5.49. The zero-order valence-corrected chi connectivity index (χ0v) is 8.77. The minimum atomic E-state index is 0.750. The summed E-state index contributed by atoms with van der Waals surface area (Å²) in [6, 6.07) is 0.750. The van der Waals surface area contributed by atoms with Gasteiger partial charge in [-0.2, -0.15) is 0 Å². The Morgan fingerprint density at radius 2 is 2.25 bits per heavy atom. The van der Waals surface area contributed by atoms with Crippen LogP contribution in [0.4, 0.5) is 0 Å². The van der Waals surface area contributed by atoms with Crippen molar-refractivity contribution < 1.29 is 0 Å². The Labute approximate surface area is 76.9 Å². The highest BCUT2D eigenvalue weighted by Gasteiger charge is 2.25. The highest BCUT2D eigenvalue weighted by Crippen LogP contribution is 2.27. The van der Waals surface area contributed by atoms with E-state index in [4.69, 9.17) is 0 Å². The monoisotopic (exact) mass is 169 g/mol. The Morgan fingerprint density at radius 3 is 2.83 bits per heavy atom. The Hall–Kier alpha value is -0.0400. The summed E-state index contributed by atoms with van der Waals surface area (Å²) in [5.74, 6) is 1.84. The molecule has 1 rings (SSSR count).